The van der Waals surface area contributed by atoms with Gasteiger partial charge in [0, 0.05) is 13.1 Å². The second-order valence-corrected chi connectivity index (χ2v) is 5.38. The Hall–Kier alpha value is -1.84. The summed E-state index contributed by atoms with van der Waals surface area (Å²) >= 11 is 0. The van der Waals surface area contributed by atoms with Crippen molar-refractivity contribution in [2.24, 2.45) is 11.8 Å². The molecule has 1 saturated heterocycles. The first-order valence-corrected chi connectivity index (χ1v) is 6.53. The fourth-order valence-corrected chi connectivity index (χ4v) is 2.48. The highest BCUT2D eigenvalue weighted by atomic mass is 16.4. The summed E-state index contributed by atoms with van der Waals surface area (Å²) in [7, 11) is 0. The van der Waals surface area contributed by atoms with Crippen molar-refractivity contribution >= 4 is 11.9 Å². The highest BCUT2D eigenvalue weighted by Gasteiger charge is 2.36. The second-order valence-electron chi connectivity index (χ2n) is 5.38. The van der Waals surface area contributed by atoms with E-state index in [9.17, 15) is 9.59 Å². The van der Waals surface area contributed by atoms with Crippen molar-refractivity contribution in [1.29, 1.82) is 0 Å². The van der Waals surface area contributed by atoms with E-state index >= 15 is 0 Å². The molecule has 0 aromatic heterocycles. The van der Waals surface area contributed by atoms with Crippen LogP contribution in [-0.4, -0.2) is 35.0 Å². The van der Waals surface area contributed by atoms with Gasteiger partial charge in [-0.3, -0.25) is 9.59 Å². The van der Waals surface area contributed by atoms with E-state index in [1.807, 2.05) is 38.1 Å². The number of nitrogens with zero attached hydrogens (tertiary/aromatic N) is 1. The fourth-order valence-electron chi connectivity index (χ4n) is 2.48. The lowest BCUT2D eigenvalue weighted by atomic mass is 9.99. The maximum Gasteiger partial charge on any atom is 0.308 e. The van der Waals surface area contributed by atoms with E-state index in [0.29, 0.717) is 19.5 Å². The molecule has 19 heavy (non-hydrogen) atoms. The molecule has 2 rings (SSSR count). The molecule has 0 radical (unpaired) electrons. The Bertz CT molecular complexity index is 481. The Kier molecular flexibility index (Phi) is 3.88. The van der Waals surface area contributed by atoms with Crippen LogP contribution in [0.1, 0.15) is 18.1 Å². The quantitative estimate of drug-likeness (QED) is 0.901. The number of carbonyl (C=O) groups excluding carboxylic acids is 1. The largest absolute Gasteiger partial charge is 0.481 e. The number of rotatable bonds is 3. The molecule has 2 atom stereocenters. The number of amides is 1. The maximum atomic E-state index is 12.1. The Morgan fingerprint density at radius 3 is 2.42 bits per heavy atom. The molecule has 1 aliphatic rings. The number of aliphatic carboxylic acids is 1. The van der Waals surface area contributed by atoms with E-state index in [0.717, 1.165) is 11.1 Å². The zero-order chi connectivity index (χ0) is 14.0. The highest BCUT2D eigenvalue weighted by Crippen LogP contribution is 2.23. The number of carbonyl (C=O) groups is 2. The number of hydrogen-bond acceptors (Lipinski definition) is 2. The van der Waals surface area contributed by atoms with Crippen molar-refractivity contribution < 1.29 is 14.7 Å². The average Bonchev–Trinajstić information content (AvgIpc) is 2.74. The van der Waals surface area contributed by atoms with Gasteiger partial charge < -0.3 is 10.0 Å². The van der Waals surface area contributed by atoms with Crippen molar-refractivity contribution in [1.82, 2.24) is 4.90 Å². The first-order chi connectivity index (χ1) is 8.97. The normalized spacial score (nSPS) is 22.5. The van der Waals surface area contributed by atoms with Crippen LogP contribution in [0.4, 0.5) is 0 Å². The summed E-state index contributed by atoms with van der Waals surface area (Å²) in [4.78, 5) is 24.9. The SMILES string of the molecule is Cc1ccc(CC(=O)N2C[C@@H](C)[C@H](C(=O)O)C2)cc1. The van der Waals surface area contributed by atoms with E-state index in [-0.39, 0.29) is 11.8 Å². The summed E-state index contributed by atoms with van der Waals surface area (Å²) in [6.45, 7) is 4.77. The number of likely N-dealkylation sites (tertiary alicyclic amines) is 1. The van der Waals surface area contributed by atoms with Crippen LogP contribution < -0.4 is 0 Å². The molecule has 4 heteroatoms. The molecule has 102 valence electrons. The summed E-state index contributed by atoms with van der Waals surface area (Å²) in [5.74, 6) is -1.20. The molecular weight excluding hydrogens is 242 g/mol. The molecule has 1 N–H and O–H groups in total. The molecule has 0 spiro atoms. The molecule has 0 aliphatic carbocycles. The lowest BCUT2D eigenvalue weighted by Crippen LogP contribution is -2.31. The predicted molar refractivity (Wildman–Crippen MR) is 71.8 cm³/mol. The van der Waals surface area contributed by atoms with Crippen molar-refractivity contribution in [3.63, 3.8) is 0 Å². The predicted octanol–water partition coefficient (Wildman–Crippen LogP) is 1.72. The first-order valence-electron chi connectivity index (χ1n) is 6.53. The van der Waals surface area contributed by atoms with Crippen molar-refractivity contribution in [3.05, 3.63) is 35.4 Å². The van der Waals surface area contributed by atoms with Gasteiger partial charge in [-0.25, -0.2) is 0 Å². The lowest BCUT2D eigenvalue weighted by molar-refractivity contribution is -0.142. The van der Waals surface area contributed by atoms with E-state index < -0.39 is 11.9 Å². The van der Waals surface area contributed by atoms with E-state index in [1.165, 1.54) is 0 Å². The third kappa shape index (κ3) is 3.13. The number of aryl methyl sites for hydroxylation is 1. The van der Waals surface area contributed by atoms with Crippen LogP contribution in [0.3, 0.4) is 0 Å². The molecule has 1 aromatic carbocycles. The monoisotopic (exact) mass is 261 g/mol. The number of benzene rings is 1. The zero-order valence-electron chi connectivity index (χ0n) is 11.3. The van der Waals surface area contributed by atoms with Crippen LogP contribution in [0, 0.1) is 18.8 Å². The average molecular weight is 261 g/mol. The minimum Gasteiger partial charge on any atom is -0.481 e. The van der Waals surface area contributed by atoms with Crippen LogP contribution in [0.25, 0.3) is 0 Å². The van der Waals surface area contributed by atoms with Gasteiger partial charge in [0.1, 0.15) is 0 Å². The van der Waals surface area contributed by atoms with Gasteiger partial charge in [-0.2, -0.15) is 0 Å². The highest BCUT2D eigenvalue weighted by molar-refractivity contribution is 5.80. The smallest absolute Gasteiger partial charge is 0.308 e. The number of hydrogen-bond donors (Lipinski definition) is 1. The summed E-state index contributed by atoms with van der Waals surface area (Å²) in [6, 6.07) is 7.85. The second kappa shape index (κ2) is 5.43. The molecule has 0 saturated carbocycles. The van der Waals surface area contributed by atoms with E-state index in [4.69, 9.17) is 5.11 Å². The van der Waals surface area contributed by atoms with E-state index in [1.54, 1.807) is 4.90 Å². The maximum absolute atomic E-state index is 12.1. The van der Waals surface area contributed by atoms with Crippen molar-refractivity contribution in [2.45, 2.75) is 20.3 Å². The molecule has 4 nitrogen and oxygen atoms in total. The van der Waals surface area contributed by atoms with Crippen LogP contribution in [-0.2, 0) is 16.0 Å². The van der Waals surface area contributed by atoms with Gasteiger partial charge in [-0.15, -0.1) is 0 Å². The Labute approximate surface area is 113 Å². The Balaban J connectivity index is 1.98. The fraction of sp³-hybridized carbons (Fsp3) is 0.467. The summed E-state index contributed by atoms with van der Waals surface area (Å²) in [5, 5.41) is 9.07. The van der Waals surface area contributed by atoms with Gasteiger partial charge in [0.15, 0.2) is 0 Å². The topological polar surface area (TPSA) is 57.6 Å². The molecule has 1 amide bonds. The van der Waals surface area contributed by atoms with Crippen LogP contribution in [0.2, 0.25) is 0 Å². The van der Waals surface area contributed by atoms with Crippen LogP contribution in [0.5, 0.6) is 0 Å². The molecule has 1 aliphatic heterocycles. The van der Waals surface area contributed by atoms with Crippen LogP contribution in [0.15, 0.2) is 24.3 Å². The first kappa shape index (κ1) is 13.6. The summed E-state index contributed by atoms with van der Waals surface area (Å²) in [5.41, 5.74) is 2.14. The standard InChI is InChI=1S/C15H19NO3/c1-10-3-5-12(6-4-10)7-14(17)16-8-11(2)13(9-16)15(18)19/h3-6,11,13H,7-9H2,1-2H3,(H,18,19)/t11-,13-/m1/s1. The molecule has 1 fully saturated rings. The summed E-state index contributed by atoms with van der Waals surface area (Å²) < 4.78 is 0. The lowest BCUT2D eigenvalue weighted by Gasteiger charge is -2.15. The van der Waals surface area contributed by atoms with E-state index in [2.05, 4.69) is 0 Å². The molecule has 1 aromatic rings. The van der Waals surface area contributed by atoms with Crippen molar-refractivity contribution in [2.75, 3.05) is 13.1 Å². The molecule has 0 unspecified atom stereocenters. The Morgan fingerprint density at radius 2 is 1.89 bits per heavy atom. The van der Waals surface area contributed by atoms with Gasteiger partial charge in [0.25, 0.3) is 0 Å². The van der Waals surface area contributed by atoms with Crippen molar-refractivity contribution in [3.8, 4) is 0 Å². The zero-order valence-corrected chi connectivity index (χ0v) is 11.3. The van der Waals surface area contributed by atoms with Gasteiger partial charge in [-0.05, 0) is 18.4 Å². The molecular formula is C15H19NO3. The summed E-state index contributed by atoms with van der Waals surface area (Å²) in [6.07, 6.45) is 0.347. The van der Waals surface area contributed by atoms with Crippen LogP contribution >= 0.6 is 0 Å². The van der Waals surface area contributed by atoms with Gasteiger partial charge in [0.2, 0.25) is 5.91 Å². The van der Waals surface area contributed by atoms with Gasteiger partial charge in [-0.1, -0.05) is 36.8 Å². The minimum atomic E-state index is -0.807. The van der Waals surface area contributed by atoms with Gasteiger partial charge in [0.05, 0.1) is 12.3 Å². The minimum absolute atomic E-state index is 0.0134. The number of carboxylic acids is 1. The third-order valence-electron chi connectivity index (χ3n) is 3.76. The molecule has 0 bridgehead atoms. The van der Waals surface area contributed by atoms with Gasteiger partial charge >= 0.3 is 5.97 Å². The third-order valence-corrected chi connectivity index (χ3v) is 3.76. The molecule has 1 heterocycles. The Morgan fingerprint density at radius 1 is 1.26 bits per heavy atom. The number of carboxylic acid groups (broad SMARTS) is 1.